The largest absolute Gasteiger partial charge is 0.478 e. The Labute approximate surface area is 136 Å². The molecule has 3 rings (SSSR count). The summed E-state index contributed by atoms with van der Waals surface area (Å²) in [4.78, 5) is 11.1. The van der Waals surface area contributed by atoms with Crippen LogP contribution in [0.4, 0.5) is 5.69 Å². The number of carbonyl (C=O) groups is 1. The minimum Gasteiger partial charge on any atom is -0.478 e. The third kappa shape index (κ3) is 2.92. The lowest BCUT2D eigenvalue weighted by atomic mass is 10.1. The highest BCUT2D eigenvalue weighted by atomic mass is 79.9. The SMILES string of the molecule is O=C(O)c1cc(NC2CCc3cc(Br)ccc32)ccc1Cl. The number of carboxylic acids is 1. The molecular weight excluding hydrogens is 354 g/mol. The normalized spacial score (nSPS) is 16.6. The number of carboxylic acid groups (broad SMARTS) is 1. The van der Waals surface area contributed by atoms with E-state index < -0.39 is 5.97 Å². The molecule has 21 heavy (non-hydrogen) atoms. The standard InChI is InChI=1S/C16H13BrClNO2/c17-10-2-4-12-9(7-10)1-6-15(12)19-11-3-5-14(18)13(8-11)16(20)21/h2-5,7-8,15,19H,1,6H2,(H,20,21). The van der Waals surface area contributed by atoms with Crippen molar-refractivity contribution in [3.8, 4) is 0 Å². The van der Waals surface area contributed by atoms with Crippen LogP contribution in [0.3, 0.4) is 0 Å². The van der Waals surface area contributed by atoms with Crippen molar-refractivity contribution >= 4 is 39.2 Å². The fraction of sp³-hybridized carbons (Fsp3) is 0.188. The van der Waals surface area contributed by atoms with Crippen LogP contribution in [0.25, 0.3) is 0 Å². The first-order valence-electron chi connectivity index (χ1n) is 6.62. The van der Waals surface area contributed by atoms with Gasteiger partial charge in [0.15, 0.2) is 0 Å². The molecular formula is C16H13BrClNO2. The van der Waals surface area contributed by atoms with E-state index in [4.69, 9.17) is 16.7 Å². The Morgan fingerprint density at radius 3 is 2.86 bits per heavy atom. The number of hydrogen-bond acceptors (Lipinski definition) is 2. The van der Waals surface area contributed by atoms with Crippen LogP contribution in [-0.2, 0) is 6.42 Å². The fourth-order valence-corrected chi connectivity index (χ4v) is 3.32. The second-order valence-corrected chi connectivity index (χ2v) is 6.40. The highest BCUT2D eigenvalue weighted by molar-refractivity contribution is 9.10. The molecule has 0 spiro atoms. The lowest BCUT2D eigenvalue weighted by molar-refractivity contribution is 0.0697. The van der Waals surface area contributed by atoms with Crippen molar-refractivity contribution in [3.63, 3.8) is 0 Å². The van der Waals surface area contributed by atoms with E-state index in [2.05, 4.69) is 33.4 Å². The number of fused-ring (bicyclic) bond motifs is 1. The van der Waals surface area contributed by atoms with Gasteiger partial charge in [-0.2, -0.15) is 0 Å². The molecule has 0 aliphatic heterocycles. The Hall–Kier alpha value is -1.52. The number of aromatic carboxylic acids is 1. The maximum absolute atomic E-state index is 11.1. The van der Waals surface area contributed by atoms with Crippen molar-refractivity contribution in [1.29, 1.82) is 0 Å². The fourth-order valence-electron chi connectivity index (χ4n) is 2.72. The lowest BCUT2D eigenvalue weighted by Gasteiger charge is -2.16. The van der Waals surface area contributed by atoms with Gasteiger partial charge in [0.2, 0.25) is 0 Å². The summed E-state index contributed by atoms with van der Waals surface area (Å²) in [6.45, 7) is 0. The number of benzene rings is 2. The van der Waals surface area contributed by atoms with E-state index in [-0.39, 0.29) is 16.6 Å². The molecule has 5 heteroatoms. The van der Waals surface area contributed by atoms with Crippen LogP contribution in [0.1, 0.15) is 33.9 Å². The minimum atomic E-state index is -1.01. The zero-order valence-corrected chi connectivity index (χ0v) is 13.4. The van der Waals surface area contributed by atoms with Gasteiger partial charge in [-0.3, -0.25) is 0 Å². The van der Waals surface area contributed by atoms with Gasteiger partial charge in [-0.15, -0.1) is 0 Å². The summed E-state index contributed by atoms with van der Waals surface area (Å²) in [5.41, 5.74) is 3.49. The predicted octanol–water partition coefficient (Wildman–Crippen LogP) is 4.90. The molecule has 0 radical (unpaired) electrons. The van der Waals surface area contributed by atoms with E-state index in [1.165, 1.54) is 11.1 Å². The highest BCUT2D eigenvalue weighted by Gasteiger charge is 2.22. The molecule has 1 atom stereocenters. The zero-order chi connectivity index (χ0) is 15.0. The van der Waals surface area contributed by atoms with Crippen LogP contribution in [0.5, 0.6) is 0 Å². The molecule has 0 saturated heterocycles. The summed E-state index contributed by atoms with van der Waals surface area (Å²) in [5, 5.41) is 12.8. The predicted molar refractivity (Wildman–Crippen MR) is 87.2 cm³/mol. The number of hydrogen-bond donors (Lipinski definition) is 2. The van der Waals surface area contributed by atoms with E-state index in [0.29, 0.717) is 0 Å². The number of anilines is 1. The summed E-state index contributed by atoms with van der Waals surface area (Å²) in [7, 11) is 0. The summed E-state index contributed by atoms with van der Waals surface area (Å²) in [6, 6.07) is 11.5. The number of nitrogens with one attached hydrogen (secondary N) is 1. The first-order valence-corrected chi connectivity index (χ1v) is 7.79. The molecule has 108 valence electrons. The molecule has 0 fully saturated rings. The van der Waals surface area contributed by atoms with Crippen LogP contribution < -0.4 is 5.32 Å². The monoisotopic (exact) mass is 365 g/mol. The average molecular weight is 367 g/mol. The Morgan fingerprint density at radius 1 is 1.29 bits per heavy atom. The van der Waals surface area contributed by atoms with Gasteiger partial charge in [0.05, 0.1) is 16.6 Å². The van der Waals surface area contributed by atoms with Crippen LogP contribution in [0.15, 0.2) is 40.9 Å². The van der Waals surface area contributed by atoms with E-state index in [1.54, 1.807) is 12.1 Å². The zero-order valence-electron chi connectivity index (χ0n) is 11.1. The highest BCUT2D eigenvalue weighted by Crippen LogP contribution is 2.35. The molecule has 2 N–H and O–H groups in total. The van der Waals surface area contributed by atoms with Gasteiger partial charge < -0.3 is 10.4 Å². The molecule has 1 aliphatic carbocycles. The molecule has 0 heterocycles. The lowest BCUT2D eigenvalue weighted by Crippen LogP contribution is -2.08. The molecule has 3 nitrogen and oxygen atoms in total. The first-order chi connectivity index (χ1) is 10.0. The van der Waals surface area contributed by atoms with E-state index in [0.717, 1.165) is 23.0 Å². The van der Waals surface area contributed by atoms with Crippen LogP contribution in [0.2, 0.25) is 5.02 Å². The Balaban J connectivity index is 1.86. The third-order valence-electron chi connectivity index (χ3n) is 3.72. The van der Waals surface area contributed by atoms with Crippen molar-refractivity contribution in [3.05, 3.63) is 62.6 Å². The van der Waals surface area contributed by atoms with Gasteiger partial charge in [0.25, 0.3) is 0 Å². The van der Waals surface area contributed by atoms with Crippen LogP contribution >= 0.6 is 27.5 Å². The number of rotatable bonds is 3. The van der Waals surface area contributed by atoms with Crippen molar-refractivity contribution in [2.75, 3.05) is 5.32 Å². The van der Waals surface area contributed by atoms with E-state index in [1.807, 2.05) is 12.1 Å². The maximum atomic E-state index is 11.1. The molecule has 0 bridgehead atoms. The van der Waals surface area contributed by atoms with Gasteiger partial charge in [0.1, 0.15) is 0 Å². The summed E-state index contributed by atoms with van der Waals surface area (Å²) in [6.07, 6.45) is 2.02. The summed E-state index contributed by atoms with van der Waals surface area (Å²) < 4.78 is 1.08. The van der Waals surface area contributed by atoms with Gasteiger partial charge in [-0.1, -0.05) is 33.6 Å². The van der Waals surface area contributed by atoms with Crippen LogP contribution in [0, 0.1) is 0 Å². The van der Waals surface area contributed by atoms with Crippen molar-refractivity contribution in [1.82, 2.24) is 0 Å². The number of halogens is 2. The van der Waals surface area contributed by atoms with Crippen molar-refractivity contribution in [2.24, 2.45) is 0 Å². The minimum absolute atomic E-state index is 0.121. The number of aryl methyl sites for hydroxylation is 1. The Bertz CT molecular complexity index is 717. The summed E-state index contributed by atoms with van der Waals surface area (Å²) in [5.74, 6) is -1.01. The van der Waals surface area contributed by atoms with Gasteiger partial charge in [-0.05, 0) is 54.3 Å². The Kier molecular flexibility index (Phi) is 3.91. The van der Waals surface area contributed by atoms with E-state index >= 15 is 0 Å². The van der Waals surface area contributed by atoms with Crippen molar-refractivity contribution in [2.45, 2.75) is 18.9 Å². The second kappa shape index (κ2) is 5.70. The first kappa shape index (κ1) is 14.4. The Morgan fingerprint density at radius 2 is 2.10 bits per heavy atom. The molecule has 2 aromatic carbocycles. The third-order valence-corrected chi connectivity index (χ3v) is 4.54. The van der Waals surface area contributed by atoms with Gasteiger partial charge >= 0.3 is 5.97 Å². The average Bonchev–Trinajstić information content (AvgIpc) is 2.83. The summed E-state index contributed by atoms with van der Waals surface area (Å²) >= 11 is 9.38. The molecule has 1 unspecified atom stereocenters. The smallest absolute Gasteiger partial charge is 0.337 e. The molecule has 0 aromatic heterocycles. The van der Waals surface area contributed by atoms with Crippen molar-refractivity contribution < 1.29 is 9.90 Å². The second-order valence-electron chi connectivity index (χ2n) is 5.08. The molecule has 1 aliphatic rings. The van der Waals surface area contributed by atoms with Gasteiger partial charge in [0, 0.05) is 10.2 Å². The maximum Gasteiger partial charge on any atom is 0.337 e. The topological polar surface area (TPSA) is 49.3 Å². The quantitative estimate of drug-likeness (QED) is 0.812. The molecule has 2 aromatic rings. The van der Waals surface area contributed by atoms with Gasteiger partial charge in [-0.25, -0.2) is 4.79 Å². The van der Waals surface area contributed by atoms with E-state index in [9.17, 15) is 4.79 Å². The van der Waals surface area contributed by atoms with Crippen LogP contribution in [-0.4, -0.2) is 11.1 Å². The molecule has 0 saturated carbocycles. The molecule has 0 amide bonds.